The summed E-state index contributed by atoms with van der Waals surface area (Å²) in [4.78, 5) is 11.8. The molecule has 16 heavy (non-hydrogen) atoms. The molecule has 0 saturated carbocycles. The van der Waals surface area contributed by atoms with Crippen LogP contribution in [-0.2, 0) is 0 Å². The lowest BCUT2D eigenvalue weighted by atomic mass is 10.1. The Morgan fingerprint density at radius 2 is 1.88 bits per heavy atom. The molecule has 1 heterocycles. The fraction of sp³-hybridized carbons (Fsp3) is 0.417. The van der Waals surface area contributed by atoms with Crippen LogP contribution in [0.1, 0.15) is 23.2 Å². The van der Waals surface area contributed by atoms with Gasteiger partial charge in [-0.3, -0.25) is 4.79 Å². The fourth-order valence-electron chi connectivity index (χ4n) is 1.84. The quantitative estimate of drug-likeness (QED) is 0.825. The summed E-state index contributed by atoms with van der Waals surface area (Å²) < 4.78 is 0. The van der Waals surface area contributed by atoms with Crippen molar-refractivity contribution >= 4 is 17.5 Å². The summed E-state index contributed by atoms with van der Waals surface area (Å²) >= 11 is 5.77. The Balaban J connectivity index is 1.94. The minimum Gasteiger partial charge on any atom is -0.349 e. The second-order valence-corrected chi connectivity index (χ2v) is 4.44. The van der Waals surface area contributed by atoms with Crippen LogP contribution < -0.4 is 10.6 Å². The minimum atomic E-state index is -0.0106. The first-order valence-corrected chi connectivity index (χ1v) is 5.90. The smallest absolute Gasteiger partial charge is 0.251 e. The van der Waals surface area contributed by atoms with Crippen LogP contribution in [0.25, 0.3) is 0 Å². The van der Waals surface area contributed by atoms with Crippen molar-refractivity contribution in [2.75, 3.05) is 13.1 Å². The molecule has 1 aromatic carbocycles. The number of benzene rings is 1. The third-order valence-electron chi connectivity index (χ3n) is 2.78. The lowest BCUT2D eigenvalue weighted by Gasteiger charge is -2.23. The number of rotatable bonds is 2. The van der Waals surface area contributed by atoms with E-state index >= 15 is 0 Å². The Morgan fingerprint density at radius 1 is 1.25 bits per heavy atom. The minimum absolute atomic E-state index is 0.0106. The Kier molecular flexibility index (Phi) is 3.80. The predicted molar refractivity (Wildman–Crippen MR) is 64.8 cm³/mol. The van der Waals surface area contributed by atoms with Gasteiger partial charge in [0.25, 0.3) is 5.91 Å². The molecule has 86 valence electrons. The number of carbonyl (C=O) groups is 1. The highest BCUT2D eigenvalue weighted by molar-refractivity contribution is 6.30. The van der Waals surface area contributed by atoms with Gasteiger partial charge in [0.15, 0.2) is 0 Å². The Hall–Kier alpha value is -1.06. The van der Waals surface area contributed by atoms with E-state index in [-0.39, 0.29) is 5.91 Å². The summed E-state index contributed by atoms with van der Waals surface area (Å²) in [6.45, 7) is 1.96. The number of halogens is 1. The van der Waals surface area contributed by atoms with Crippen molar-refractivity contribution in [3.05, 3.63) is 34.9 Å². The van der Waals surface area contributed by atoms with Crippen LogP contribution in [-0.4, -0.2) is 25.0 Å². The third-order valence-corrected chi connectivity index (χ3v) is 3.03. The highest BCUT2D eigenvalue weighted by atomic mass is 35.5. The van der Waals surface area contributed by atoms with Gasteiger partial charge in [-0.15, -0.1) is 0 Å². The van der Waals surface area contributed by atoms with Crippen molar-refractivity contribution in [2.24, 2.45) is 0 Å². The zero-order chi connectivity index (χ0) is 11.4. The first kappa shape index (κ1) is 11.4. The zero-order valence-corrected chi connectivity index (χ0v) is 9.76. The van der Waals surface area contributed by atoms with Crippen molar-refractivity contribution in [1.82, 2.24) is 10.6 Å². The summed E-state index contributed by atoms with van der Waals surface area (Å²) in [7, 11) is 0. The molecule has 1 fully saturated rings. The molecule has 3 nitrogen and oxygen atoms in total. The van der Waals surface area contributed by atoms with E-state index in [1.165, 1.54) is 0 Å². The Bertz CT molecular complexity index is 358. The largest absolute Gasteiger partial charge is 0.349 e. The topological polar surface area (TPSA) is 41.1 Å². The molecular formula is C12H15ClN2O. The fourth-order valence-corrected chi connectivity index (χ4v) is 1.96. The number of nitrogens with one attached hydrogen (secondary N) is 2. The maximum Gasteiger partial charge on any atom is 0.251 e. The van der Waals surface area contributed by atoms with E-state index in [0.717, 1.165) is 25.9 Å². The van der Waals surface area contributed by atoms with Crippen molar-refractivity contribution in [2.45, 2.75) is 18.9 Å². The van der Waals surface area contributed by atoms with Crippen molar-refractivity contribution in [3.8, 4) is 0 Å². The number of amides is 1. The molecule has 0 unspecified atom stereocenters. The first-order valence-electron chi connectivity index (χ1n) is 5.53. The molecule has 0 bridgehead atoms. The summed E-state index contributed by atoms with van der Waals surface area (Å²) in [6, 6.07) is 7.26. The highest BCUT2D eigenvalue weighted by Crippen LogP contribution is 2.10. The van der Waals surface area contributed by atoms with Gasteiger partial charge in [0, 0.05) is 16.6 Å². The van der Waals surface area contributed by atoms with Crippen molar-refractivity contribution in [1.29, 1.82) is 0 Å². The van der Waals surface area contributed by atoms with Crippen LogP contribution in [0.3, 0.4) is 0 Å². The van der Waals surface area contributed by atoms with E-state index in [9.17, 15) is 4.79 Å². The number of hydrogen-bond donors (Lipinski definition) is 2. The number of piperidine rings is 1. The second kappa shape index (κ2) is 5.32. The van der Waals surface area contributed by atoms with Gasteiger partial charge in [-0.25, -0.2) is 0 Å². The van der Waals surface area contributed by atoms with Gasteiger partial charge in [-0.05, 0) is 50.2 Å². The van der Waals surface area contributed by atoms with Crippen LogP contribution >= 0.6 is 11.6 Å². The lowest BCUT2D eigenvalue weighted by Crippen LogP contribution is -2.42. The molecule has 1 amide bonds. The summed E-state index contributed by atoms with van der Waals surface area (Å²) in [6.07, 6.45) is 2.00. The maximum absolute atomic E-state index is 11.8. The van der Waals surface area contributed by atoms with E-state index in [0.29, 0.717) is 16.6 Å². The van der Waals surface area contributed by atoms with Crippen LogP contribution in [0, 0.1) is 0 Å². The molecule has 2 rings (SSSR count). The van der Waals surface area contributed by atoms with Crippen LogP contribution in [0.2, 0.25) is 5.02 Å². The van der Waals surface area contributed by atoms with Crippen LogP contribution in [0.5, 0.6) is 0 Å². The molecule has 1 aliphatic heterocycles. The van der Waals surface area contributed by atoms with Crippen molar-refractivity contribution in [3.63, 3.8) is 0 Å². The van der Waals surface area contributed by atoms with E-state index in [1.807, 2.05) is 0 Å². The monoisotopic (exact) mass is 238 g/mol. The molecular weight excluding hydrogens is 224 g/mol. The summed E-state index contributed by atoms with van der Waals surface area (Å²) in [5.74, 6) is -0.0106. The van der Waals surface area contributed by atoms with Gasteiger partial charge in [0.2, 0.25) is 0 Å². The maximum atomic E-state index is 11.8. The summed E-state index contributed by atoms with van der Waals surface area (Å²) in [5.41, 5.74) is 0.669. The van der Waals surface area contributed by atoms with E-state index < -0.39 is 0 Å². The molecule has 0 radical (unpaired) electrons. The van der Waals surface area contributed by atoms with E-state index in [2.05, 4.69) is 10.6 Å². The zero-order valence-electron chi connectivity index (χ0n) is 9.00. The second-order valence-electron chi connectivity index (χ2n) is 4.00. The van der Waals surface area contributed by atoms with Crippen molar-refractivity contribution < 1.29 is 4.79 Å². The molecule has 1 aliphatic rings. The van der Waals surface area contributed by atoms with Gasteiger partial charge in [-0.1, -0.05) is 11.6 Å². The SMILES string of the molecule is O=C(NC1CCNCC1)c1ccc(Cl)cc1. The average Bonchev–Trinajstić information content (AvgIpc) is 2.31. The molecule has 2 N–H and O–H groups in total. The normalized spacial score (nSPS) is 17.1. The lowest BCUT2D eigenvalue weighted by molar-refractivity contribution is 0.0929. The molecule has 1 saturated heterocycles. The Morgan fingerprint density at radius 3 is 2.50 bits per heavy atom. The molecule has 4 heteroatoms. The number of carbonyl (C=O) groups excluding carboxylic acids is 1. The van der Waals surface area contributed by atoms with E-state index in [1.54, 1.807) is 24.3 Å². The highest BCUT2D eigenvalue weighted by Gasteiger charge is 2.15. The molecule has 1 aromatic rings. The molecule has 0 aliphatic carbocycles. The standard InChI is InChI=1S/C12H15ClN2O/c13-10-3-1-9(2-4-10)12(16)15-11-5-7-14-8-6-11/h1-4,11,14H,5-8H2,(H,15,16). The van der Waals surface area contributed by atoms with Crippen LogP contribution in [0.4, 0.5) is 0 Å². The molecule has 0 aromatic heterocycles. The molecule has 0 spiro atoms. The number of hydrogen-bond acceptors (Lipinski definition) is 2. The predicted octanol–water partition coefficient (Wildman–Crippen LogP) is 1.82. The molecule has 0 atom stereocenters. The average molecular weight is 239 g/mol. The van der Waals surface area contributed by atoms with Gasteiger partial charge in [0.1, 0.15) is 0 Å². The van der Waals surface area contributed by atoms with Crippen LogP contribution in [0.15, 0.2) is 24.3 Å². The van der Waals surface area contributed by atoms with Gasteiger partial charge >= 0.3 is 0 Å². The third kappa shape index (κ3) is 2.97. The van der Waals surface area contributed by atoms with Gasteiger partial charge in [-0.2, -0.15) is 0 Å². The first-order chi connectivity index (χ1) is 7.75. The van der Waals surface area contributed by atoms with Gasteiger partial charge in [0.05, 0.1) is 0 Å². The van der Waals surface area contributed by atoms with Gasteiger partial charge < -0.3 is 10.6 Å². The summed E-state index contributed by atoms with van der Waals surface area (Å²) in [5, 5.41) is 6.95. The van der Waals surface area contributed by atoms with E-state index in [4.69, 9.17) is 11.6 Å². The Labute approximate surface area is 100 Å².